The minimum Gasteiger partial charge on any atom is -0.442 e. The number of piperazine rings is 1. The van der Waals surface area contributed by atoms with Gasteiger partial charge in [0.25, 0.3) is 0 Å². The van der Waals surface area contributed by atoms with E-state index < -0.39 is 24.0 Å². The number of carbonyl (C=O) groups excluding carboxylic acids is 4. The Morgan fingerprint density at radius 2 is 1.79 bits per heavy atom. The van der Waals surface area contributed by atoms with Gasteiger partial charge in [-0.2, -0.15) is 0 Å². The van der Waals surface area contributed by atoms with E-state index in [1.807, 2.05) is 4.90 Å². The van der Waals surface area contributed by atoms with Crippen LogP contribution >= 0.6 is 0 Å². The molecule has 4 rings (SSSR count). The summed E-state index contributed by atoms with van der Waals surface area (Å²) in [5.74, 6) is -0.810. The first-order valence-corrected chi connectivity index (χ1v) is 12.2. The van der Waals surface area contributed by atoms with Gasteiger partial charge in [-0.15, -0.1) is 0 Å². The average Bonchev–Trinajstić information content (AvgIpc) is 3.27. The number of esters is 1. The molecule has 0 bridgehead atoms. The Labute approximate surface area is 219 Å². The van der Waals surface area contributed by atoms with Crippen LogP contribution in [0, 0.1) is 5.82 Å². The lowest BCUT2D eigenvalue weighted by molar-refractivity contribution is -0.132. The molecule has 2 aromatic rings. The minimum absolute atomic E-state index is 0.147. The van der Waals surface area contributed by atoms with Crippen molar-refractivity contribution in [1.29, 1.82) is 0 Å². The van der Waals surface area contributed by atoms with Crippen LogP contribution < -0.4 is 19.9 Å². The molecule has 38 heavy (non-hydrogen) atoms. The second kappa shape index (κ2) is 11.8. The fourth-order valence-electron chi connectivity index (χ4n) is 4.27. The molecule has 0 aromatic heterocycles. The Hall–Kier alpha value is -4.41. The van der Waals surface area contributed by atoms with Crippen molar-refractivity contribution in [2.75, 3.05) is 49.1 Å². The first-order chi connectivity index (χ1) is 18.2. The number of hydrogen-bond acceptors (Lipinski definition) is 7. The fourth-order valence-corrected chi connectivity index (χ4v) is 4.27. The van der Waals surface area contributed by atoms with Crippen molar-refractivity contribution in [3.8, 4) is 5.75 Å². The number of amides is 3. The molecule has 3 amide bonds. The summed E-state index contributed by atoms with van der Waals surface area (Å²) in [5.41, 5.74) is 1.56. The number of cyclic esters (lactones) is 1. The average molecular weight is 525 g/mol. The number of carbonyl (C=O) groups is 4. The summed E-state index contributed by atoms with van der Waals surface area (Å²) in [4.78, 5) is 51.9. The van der Waals surface area contributed by atoms with Crippen molar-refractivity contribution in [2.45, 2.75) is 20.0 Å². The smallest absolute Gasteiger partial charge is 0.414 e. The van der Waals surface area contributed by atoms with Gasteiger partial charge in [-0.1, -0.05) is 12.1 Å². The molecule has 0 unspecified atom stereocenters. The first kappa shape index (κ1) is 26.6. The molecular weight excluding hydrogens is 495 g/mol. The van der Waals surface area contributed by atoms with Crippen LogP contribution in [0.2, 0.25) is 0 Å². The van der Waals surface area contributed by atoms with E-state index in [4.69, 9.17) is 9.47 Å². The second-order valence-electron chi connectivity index (χ2n) is 9.00. The Bertz CT molecular complexity index is 1240. The SMILES string of the molecule is CC(=O)NC[C@H]1CN(c2ccc(N3CCN(C(=O)C=Cc4ccc(OC(C)=O)cc4)CC3)c(F)c2)C(=O)O1. The highest BCUT2D eigenvalue weighted by Gasteiger charge is 2.33. The van der Waals surface area contributed by atoms with Crippen LogP contribution in [0.5, 0.6) is 5.75 Å². The van der Waals surface area contributed by atoms with Gasteiger partial charge in [-0.25, -0.2) is 9.18 Å². The molecule has 2 aliphatic heterocycles. The van der Waals surface area contributed by atoms with E-state index in [-0.39, 0.29) is 24.9 Å². The van der Waals surface area contributed by atoms with Gasteiger partial charge >= 0.3 is 12.1 Å². The van der Waals surface area contributed by atoms with Crippen molar-refractivity contribution in [1.82, 2.24) is 10.2 Å². The molecule has 2 aromatic carbocycles. The lowest BCUT2D eigenvalue weighted by atomic mass is 10.2. The normalized spacial score (nSPS) is 17.5. The summed E-state index contributed by atoms with van der Waals surface area (Å²) < 4.78 is 25.3. The van der Waals surface area contributed by atoms with Crippen LogP contribution in [0.4, 0.5) is 20.6 Å². The Morgan fingerprint density at radius 1 is 1.08 bits per heavy atom. The Morgan fingerprint density at radius 3 is 2.42 bits per heavy atom. The molecule has 2 saturated heterocycles. The summed E-state index contributed by atoms with van der Waals surface area (Å²) in [5, 5.41) is 2.61. The van der Waals surface area contributed by atoms with E-state index in [9.17, 15) is 19.2 Å². The second-order valence-corrected chi connectivity index (χ2v) is 9.00. The largest absolute Gasteiger partial charge is 0.442 e. The van der Waals surface area contributed by atoms with Crippen LogP contribution in [0.1, 0.15) is 19.4 Å². The molecule has 1 atom stereocenters. The molecule has 2 aliphatic rings. The van der Waals surface area contributed by atoms with Gasteiger partial charge < -0.3 is 24.6 Å². The predicted molar refractivity (Wildman–Crippen MR) is 138 cm³/mol. The van der Waals surface area contributed by atoms with E-state index in [1.165, 1.54) is 30.9 Å². The van der Waals surface area contributed by atoms with Crippen LogP contribution in [0.25, 0.3) is 6.08 Å². The number of nitrogens with zero attached hydrogens (tertiary/aromatic N) is 3. The van der Waals surface area contributed by atoms with Gasteiger partial charge in [0.05, 0.1) is 24.5 Å². The molecule has 0 saturated carbocycles. The van der Waals surface area contributed by atoms with Crippen LogP contribution in [-0.2, 0) is 19.1 Å². The molecule has 1 N–H and O–H groups in total. The number of halogens is 1. The standard InChI is InChI=1S/C27H29FN4O6/c1-18(33)29-16-23-17-32(27(36)38-23)21-6-9-25(24(28)15-21)30-11-13-31(14-12-30)26(35)10-5-20-3-7-22(8-4-20)37-19(2)34/h3-10,15,23H,11-14,16-17H2,1-2H3,(H,29,33)/t23-/m0/s1. The van der Waals surface area contributed by atoms with Gasteiger partial charge in [0.15, 0.2) is 0 Å². The van der Waals surface area contributed by atoms with Crippen molar-refractivity contribution < 1.29 is 33.0 Å². The molecule has 0 spiro atoms. The summed E-state index contributed by atoms with van der Waals surface area (Å²) in [6, 6.07) is 11.4. The third-order valence-corrected chi connectivity index (χ3v) is 6.19. The van der Waals surface area contributed by atoms with Gasteiger partial charge in [0.1, 0.15) is 17.7 Å². The fraction of sp³-hybridized carbons (Fsp3) is 0.333. The molecule has 0 aliphatic carbocycles. The summed E-state index contributed by atoms with van der Waals surface area (Å²) >= 11 is 0. The maximum atomic E-state index is 15.0. The van der Waals surface area contributed by atoms with Gasteiger partial charge in [-0.05, 0) is 42.0 Å². The highest BCUT2D eigenvalue weighted by Crippen LogP contribution is 2.28. The van der Waals surface area contributed by atoms with E-state index in [2.05, 4.69) is 5.32 Å². The molecule has 11 heteroatoms. The number of anilines is 2. The molecular formula is C27H29FN4O6. The third-order valence-electron chi connectivity index (χ3n) is 6.19. The summed E-state index contributed by atoms with van der Waals surface area (Å²) in [6.45, 7) is 4.88. The van der Waals surface area contributed by atoms with Gasteiger partial charge in [0.2, 0.25) is 11.8 Å². The minimum atomic E-state index is -0.590. The van der Waals surface area contributed by atoms with Crippen molar-refractivity contribution in [3.63, 3.8) is 0 Å². The zero-order valence-electron chi connectivity index (χ0n) is 21.2. The maximum Gasteiger partial charge on any atom is 0.414 e. The van der Waals surface area contributed by atoms with Crippen LogP contribution in [-0.4, -0.2) is 74.1 Å². The van der Waals surface area contributed by atoms with Crippen LogP contribution in [0.15, 0.2) is 48.5 Å². The zero-order chi connectivity index (χ0) is 27.2. The Kier molecular flexibility index (Phi) is 8.25. The van der Waals surface area contributed by atoms with Crippen molar-refractivity contribution in [3.05, 3.63) is 59.9 Å². The lowest BCUT2D eigenvalue weighted by Gasteiger charge is -2.36. The molecule has 2 heterocycles. The molecule has 2 fully saturated rings. The predicted octanol–water partition coefficient (Wildman–Crippen LogP) is 2.57. The maximum absolute atomic E-state index is 15.0. The van der Waals surface area contributed by atoms with E-state index in [0.29, 0.717) is 43.3 Å². The van der Waals surface area contributed by atoms with Gasteiger partial charge in [-0.3, -0.25) is 19.3 Å². The number of ether oxygens (including phenoxy) is 2. The summed E-state index contributed by atoms with van der Waals surface area (Å²) in [7, 11) is 0. The summed E-state index contributed by atoms with van der Waals surface area (Å²) in [6.07, 6.45) is 2.08. The van der Waals surface area contributed by atoms with E-state index >= 15 is 4.39 Å². The monoisotopic (exact) mass is 524 g/mol. The molecule has 0 radical (unpaired) electrons. The van der Waals surface area contributed by atoms with Crippen molar-refractivity contribution >= 4 is 41.3 Å². The topological polar surface area (TPSA) is 108 Å². The highest BCUT2D eigenvalue weighted by atomic mass is 19.1. The lowest BCUT2D eigenvalue weighted by Crippen LogP contribution is -2.48. The first-order valence-electron chi connectivity index (χ1n) is 12.2. The third kappa shape index (κ3) is 6.67. The highest BCUT2D eigenvalue weighted by molar-refractivity contribution is 5.92. The number of hydrogen-bond donors (Lipinski definition) is 1. The van der Waals surface area contributed by atoms with Gasteiger partial charge in [0, 0.05) is 46.1 Å². The number of benzene rings is 2. The quantitative estimate of drug-likeness (QED) is 0.337. The molecule has 200 valence electrons. The van der Waals surface area contributed by atoms with E-state index in [1.54, 1.807) is 47.4 Å². The van der Waals surface area contributed by atoms with E-state index in [0.717, 1.165) is 5.56 Å². The van der Waals surface area contributed by atoms with Crippen LogP contribution in [0.3, 0.4) is 0 Å². The van der Waals surface area contributed by atoms with Crippen molar-refractivity contribution in [2.24, 2.45) is 0 Å². The zero-order valence-corrected chi connectivity index (χ0v) is 21.2. The molecule has 10 nitrogen and oxygen atoms in total. The number of nitrogens with one attached hydrogen (secondary N) is 1. The Balaban J connectivity index is 1.30. The number of rotatable bonds is 7.